The molecule has 2 atom stereocenters. The van der Waals surface area contributed by atoms with Crippen molar-refractivity contribution in [1.29, 1.82) is 0 Å². The fraction of sp³-hybridized carbons (Fsp3) is 0.478. The van der Waals surface area contributed by atoms with Crippen molar-refractivity contribution in [1.82, 2.24) is 19.7 Å². The highest BCUT2D eigenvalue weighted by molar-refractivity contribution is 5.94. The van der Waals surface area contributed by atoms with Gasteiger partial charge < -0.3 is 24.4 Å². The molecule has 30 heavy (non-hydrogen) atoms. The van der Waals surface area contributed by atoms with E-state index >= 15 is 0 Å². The van der Waals surface area contributed by atoms with Gasteiger partial charge in [-0.05, 0) is 43.7 Å². The lowest BCUT2D eigenvalue weighted by Gasteiger charge is -2.35. The van der Waals surface area contributed by atoms with Gasteiger partial charge in [0.15, 0.2) is 5.96 Å². The molecular formula is C23H33N5O2. The Morgan fingerprint density at radius 3 is 2.43 bits per heavy atom. The minimum absolute atomic E-state index is 0.0645. The first-order chi connectivity index (χ1) is 14.4. The number of aliphatic imine (C=N–C) groups is 1. The summed E-state index contributed by atoms with van der Waals surface area (Å²) in [7, 11) is 5.85. The maximum absolute atomic E-state index is 12.8. The minimum Gasteiger partial charge on any atom is -0.372 e. The third-order valence-corrected chi connectivity index (χ3v) is 5.38. The summed E-state index contributed by atoms with van der Waals surface area (Å²) in [5.74, 6) is 0.891. The number of carbonyl (C=O) groups excluding carboxylic acids is 1. The lowest BCUT2D eigenvalue weighted by Crippen LogP contribution is -2.48. The summed E-state index contributed by atoms with van der Waals surface area (Å²) in [5.41, 5.74) is 3.03. The maximum Gasteiger partial charge on any atom is 0.254 e. The first-order valence-electron chi connectivity index (χ1n) is 10.4. The van der Waals surface area contributed by atoms with Gasteiger partial charge in [0.05, 0.1) is 18.8 Å². The number of amides is 1. The van der Waals surface area contributed by atoms with Gasteiger partial charge in [0.25, 0.3) is 5.91 Å². The maximum atomic E-state index is 12.8. The van der Waals surface area contributed by atoms with Gasteiger partial charge in [-0.1, -0.05) is 12.1 Å². The number of nitrogens with zero attached hydrogens (tertiary/aromatic N) is 4. The first-order valence-corrected chi connectivity index (χ1v) is 10.4. The fourth-order valence-electron chi connectivity index (χ4n) is 3.84. The topological polar surface area (TPSA) is 62.1 Å². The summed E-state index contributed by atoms with van der Waals surface area (Å²) in [5, 5.41) is 3.40. The summed E-state index contributed by atoms with van der Waals surface area (Å²) in [4.78, 5) is 21.2. The van der Waals surface area contributed by atoms with Crippen LogP contribution in [0, 0.1) is 0 Å². The van der Waals surface area contributed by atoms with Crippen LogP contribution in [0.3, 0.4) is 0 Å². The molecule has 2 aromatic rings. The van der Waals surface area contributed by atoms with Gasteiger partial charge in [-0.15, -0.1) is 0 Å². The van der Waals surface area contributed by atoms with Crippen LogP contribution in [0.2, 0.25) is 0 Å². The van der Waals surface area contributed by atoms with Crippen LogP contribution in [0.15, 0.2) is 47.6 Å². The molecule has 1 aliphatic rings. The third kappa shape index (κ3) is 5.42. The Balaban J connectivity index is 1.56. The standard InChI is InChI=1S/C23H33N5O2/c1-17-14-28(15-18(2)30-17)22(29)20-10-8-19(9-11-20)13-25-23(24-3)27(5)16-21-7-6-12-26(21)4/h6-12,17-18H,13-16H2,1-5H3,(H,24,25). The zero-order valence-electron chi connectivity index (χ0n) is 18.6. The van der Waals surface area contributed by atoms with Gasteiger partial charge in [0, 0.05) is 58.2 Å². The average Bonchev–Trinajstić information content (AvgIpc) is 3.12. The highest BCUT2D eigenvalue weighted by Gasteiger charge is 2.26. The highest BCUT2D eigenvalue weighted by Crippen LogP contribution is 2.15. The molecule has 3 rings (SSSR count). The van der Waals surface area contributed by atoms with E-state index in [9.17, 15) is 4.79 Å². The van der Waals surface area contributed by atoms with Crippen LogP contribution < -0.4 is 5.32 Å². The van der Waals surface area contributed by atoms with Gasteiger partial charge in [-0.2, -0.15) is 0 Å². The third-order valence-electron chi connectivity index (χ3n) is 5.38. The molecule has 162 valence electrons. The van der Waals surface area contributed by atoms with E-state index in [2.05, 4.69) is 25.8 Å². The van der Waals surface area contributed by atoms with Crippen LogP contribution in [0.4, 0.5) is 0 Å². The molecular weight excluding hydrogens is 378 g/mol. The van der Waals surface area contributed by atoms with E-state index in [1.165, 1.54) is 5.69 Å². The van der Waals surface area contributed by atoms with E-state index in [1.807, 2.05) is 69.4 Å². The van der Waals surface area contributed by atoms with Crippen molar-refractivity contribution in [3.05, 3.63) is 59.4 Å². The molecule has 2 heterocycles. The second kappa shape index (κ2) is 9.80. The highest BCUT2D eigenvalue weighted by atomic mass is 16.5. The molecule has 1 saturated heterocycles. The molecule has 1 N–H and O–H groups in total. The smallest absolute Gasteiger partial charge is 0.254 e. The summed E-state index contributed by atoms with van der Waals surface area (Å²) in [6.45, 7) is 6.70. The second-order valence-corrected chi connectivity index (χ2v) is 8.03. The Morgan fingerprint density at radius 2 is 1.87 bits per heavy atom. The zero-order chi connectivity index (χ0) is 21.7. The van der Waals surface area contributed by atoms with Crippen LogP contribution in [0.5, 0.6) is 0 Å². The Kier molecular flexibility index (Phi) is 7.15. The molecule has 2 unspecified atom stereocenters. The van der Waals surface area contributed by atoms with E-state index in [4.69, 9.17) is 4.74 Å². The van der Waals surface area contributed by atoms with E-state index in [0.717, 1.165) is 18.1 Å². The molecule has 1 amide bonds. The number of nitrogens with one attached hydrogen (secondary N) is 1. The SMILES string of the molecule is CN=C(NCc1ccc(C(=O)N2CC(C)OC(C)C2)cc1)N(C)Cc1cccn1C. The molecule has 7 heteroatoms. The molecule has 0 saturated carbocycles. The van der Waals surface area contributed by atoms with Crippen LogP contribution in [0.25, 0.3) is 0 Å². The lowest BCUT2D eigenvalue weighted by atomic mass is 10.1. The molecule has 0 radical (unpaired) electrons. The van der Waals surface area contributed by atoms with Gasteiger partial charge in [-0.25, -0.2) is 0 Å². The normalized spacial score (nSPS) is 19.6. The van der Waals surface area contributed by atoms with Crippen molar-refractivity contribution in [3.8, 4) is 0 Å². The Hall–Kier alpha value is -2.80. The van der Waals surface area contributed by atoms with Crippen LogP contribution in [-0.4, -0.2) is 65.6 Å². The molecule has 0 aliphatic carbocycles. The Bertz CT molecular complexity index is 864. The summed E-state index contributed by atoms with van der Waals surface area (Å²) in [6, 6.07) is 12.0. The van der Waals surface area contributed by atoms with Gasteiger partial charge >= 0.3 is 0 Å². The van der Waals surface area contributed by atoms with Gasteiger partial charge in [-0.3, -0.25) is 9.79 Å². The summed E-state index contributed by atoms with van der Waals surface area (Å²) >= 11 is 0. The summed E-state index contributed by atoms with van der Waals surface area (Å²) < 4.78 is 7.83. The number of ether oxygens (including phenoxy) is 1. The number of morpholine rings is 1. The Labute approximate surface area is 179 Å². The lowest BCUT2D eigenvalue weighted by molar-refractivity contribution is -0.0586. The van der Waals surface area contributed by atoms with Crippen molar-refractivity contribution in [3.63, 3.8) is 0 Å². The van der Waals surface area contributed by atoms with Gasteiger partial charge in [0.2, 0.25) is 0 Å². The van der Waals surface area contributed by atoms with Crippen LogP contribution in [0.1, 0.15) is 35.5 Å². The Morgan fingerprint density at radius 1 is 1.20 bits per heavy atom. The average molecular weight is 412 g/mol. The molecule has 1 aromatic heterocycles. The molecule has 7 nitrogen and oxygen atoms in total. The predicted octanol–water partition coefficient (Wildman–Crippen LogP) is 2.48. The van der Waals surface area contributed by atoms with Crippen LogP contribution >= 0.6 is 0 Å². The number of carbonyl (C=O) groups is 1. The minimum atomic E-state index is 0.0645. The van der Waals surface area contributed by atoms with Crippen molar-refractivity contribution in [2.75, 3.05) is 27.2 Å². The molecule has 1 fully saturated rings. The van der Waals surface area contributed by atoms with Crippen molar-refractivity contribution in [2.45, 2.75) is 39.1 Å². The van der Waals surface area contributed by atoms with Crippen molar-refractivity contribution < 1.29 is 9.53 Å². The number of hydrogen-bond acceptors (Lipinski definition) is 3. The fourth-order valence-corrected chi connectivity index (χ4v) is 3.84. The molecule has 1 aliphatic heterocycles. The van der Waals surface area contributed by atoms with E-state index in [-0.39, 0.29) is 18.1 Å². The number of guanidine groups is 1. The van der Waals surface area contributed by atoms with Gasteiger partial charge in [0.1, 0.15) is 0 Å². The zero-order valence-corrected chi connectivity index (χ0v) is 18.6. The van der Waals surface area contributed by atoms with E-state index in [0.29, 0.717) is 25.2 Å². The predicted molar refractivity (Wildman–Crippen MR) is 119 cm³/mol. The van der Waals surface area contributed by atoms with Crippen LogP contribution in [-0.2, 0) is 24.9 Å². The number of rotatable bonds is 5. The van der Waals surface area contributed by atoms with E-state index in [1.54, 1.807) is 7.05 Å². The summed E-state index contributed by atoms with van der Waals surface area (Å²) in [6.07, 6.45) is 2.18. The molecule has 1 aromatic carbocycles. The van der Waals surface area contributed by atoms with E-state index < -0.39 is 0 Å². The number of aromatic nitrogens is 1. The number of hydrogen-bond donors (Lipinski definition) is 1. The first kappa shape index (κ1) is 21.9. The second-order valence-electron chi connectivity index (χ2n) is 8.03. The van der Waals surface area contributed by atoms with Crippen molar-refractivity contribution in [2.24, 2.45) is 12.0 Å². The monoisotopic (exact) mass is 411 g/mol. The number of benzene rings is 1. The largest absolute Gasteiger partial charge is 0.372 e. The van der Waals surface area contributed by atoms with Crippen molar-refractivity contribution >= 4 is 11.9 Å². The molecule has 0 bridgehead atoms. The number of aryl methyl sites for hydroxylation is 1. The molecule has 0 spiro atoms. The quantitative estimate of drug-likeness (QED) is 0.607.